The quantitative estimate of drug-likeness (QED) is 0.681. The lowest BCUT2D eigenvalue weighted by molar-refractivity contribution is -0.163. The molecular formula is C20H29F3N6O2. The van der Waals surface area contributed by atoms with Gasteiger partial charge in [-0.3, -0.25) is 19.0 Å². The van der Waals surface area contributed by atoms with E-state index in [2.05, 4.69) is 15.5 Å². The first-order chi connectivity index (χ1) is 14.3. The summed E-state index contributed by atoms with van der Waals surface area (Å²) >= 11 is 0. The number of nitrogens with one attached hydrogen (secondary N) is 1. The predicted molar refractivity (Wildman–Crippen MR) is 108 cm³/mol. The molecule has 2 amide bonds. The van der Waals surface area contributed by atoms with Crippen molar-refractivity contribution in [3.05, 3.63) is 34.9 Å². The molecule has 2 rings (SSSR count). The van der Waals surface area contributed by atoms with Crippen LogP contribution in [0.4, 0.5) is 13.2 Å². The molecular weight excluding hydrogens is 413 g/mol. The average molecular weight is 442 g/mol. The summed E-state index contributed by atoms with van der Waals surface area (Å²) in [6.45, 7) is 8.45. The van der Waals surface area contributed by atoms with Gasteiger partial charge in [-0.1, -0.05) is 0 Å². The van der Waals surface area contributed by atoms with E-state index < -0.39 is 36.6 Å². The Labute approximate surface area is 179 Å². The van der Waals surface area contributed by atoms with Gasteiger partial charge >= 0.3 is 6.18 Å². The number of carbonyl (C=O) groups is 2. The Balaban J connectivity index is 2.05. The zero-order chi connectivity index (χ0) is 23.5. The van der Waals surface area contributed by atoms with Gasteiger partial charge in [0.05, 0.1) is 11.4 Å². The highest BCUT2D eigenvalue weighted by atomic mass is 19.4. The van der Waals surface area contributed by atoms with E-state index in [9.17, 15) is 22.8 Å². The zero-order valence-electron chi connectivity index (χ0n) is 18.6. The van der Waals surface area contributed by atoms with Crippen LogP contribution < -0.4 is 5.32 Å². The van der Waals surface area contributed by atoms with Crippen LogP contribution in [0.2, 0.25) is 0 Å². The van der Waals surface area contributed by atoms with Gasteiger partial charge in [-0.05, 0) is 53.7 Å². The molecule has 31 heavy (non-hydrogen) atoms. The Kier molecular flexibility index (Phi) is 7.50. The number of carbonyl (C=O) groups excluding carboxylic acids is 2. The van der Waals surface area contributed by atoms with Gasteiger partial charge < -0.3 is 10.2 Å². The summed E-state index contributed by atoms with van der Waals surface area (Å²) < 4.78 is 42.2. The second kappa shape index (κ2) is 9.52. The van der Waals surface area contributed by atoms with Gasteiger partial charge in [0.25, 0.3) is 0 Å². The molecule has 0 saturated heterocycles. The molecule has 2 aromatic heterocycles. The number of alkyl halides is 3. The minimum absolute atomic E-state index is 0.117. The lowest BCUT2D eigenvalue weighted by atomic mass is 10.2. The first-order valence-corrected chi connectivity index (χ1v) is 9.99. The molecule has 2 atom stereocenters. The summed E-state index contributed by atoms with van der Waals surface area (Å²) in [5.41, 5.74) is 2.91. The van der Waals surface area contributed by atoms with Gasteiger partial charge in [0.2, 0.25) is 11.8 Å². The Morgan fingerprint density at radius 3 is 1.90 bits per heavy atom. The summed E-state index contributed by atoms with van der Waals surface area (Å²) in [6.07, 6.45) is -4.56. The summed E-state index contributed by atoms with van der Waals surface area (Å²) in [4.78, 5) is 25.9. The minimum Gasteiger partial charge on any atom is -0.352 e. The van der Waals surface area contributed by atoms with Crippen LogP contribution >= 0.6 is 0 Å². The monoisotopic (exact) mass is 442 g/mol. The Hall–Kier alpha value is -2.85. The third-order valence-corrected chi connectivity index (χ3v) is 4.92. The van der Waals surface area contributed by atoms with Crippen LogP contribution in [0.25, 0.3) is 0 Å². The number of nitrogens with zero attached hydrogens (tertiary/aromatic N) is 5. The van der Waals surface area contributed by atoms with Crippen molar-refractivity contribution < 1.29 is 22.8 Å². The SMILES string of the molecule is Cc1cc(C)n([C@@H](C)C(=O)NCCN(CC(F)(F)F)C(=O)[C@H](C)n2nc(C)cc2C)n1. The van der Waals surface area contributed by atoms with Crippen molar-refractivity contribution in [1.82, 2.24) is 29.8 Å². The fourth-order valence-corrected chi connectivity index (χ4v) is 3.50. The first kappa shape index (κ1) is 24.4. The number of aryl methyl sites for hydroxylation is 4. The molecule has 2 aromatic rings. The third kappa shape index (κ3) is 6.31. The van der Waals surface area contributed by atoms with E-state index in [-0.39, 0.29) is 13.1 Å². The van der Waals surface area contributed by atoms with Crippen molar-refractivity contribution in [2.24, 2.45) is 0 Å². The fourth-order valence-electron chi connectivity index (χ4n) is 3.50. The molecule has 0 saturated carbocycles. The fraction of sp³-hybridized carbons (Fsp3) is 0.600. The molecule has 0 aromatic carbocycles. The number of rotatable bonds is 8. The van der Waals surface area contributed by atoms with Gasteiger partial charge in [-0.15, -0.1) is 0 Å². The first-order valence-electron chi connectivity index (χ1n) is 9.99. The highest BCUT2D eigenvalue weighted by Crippen LogP contribution is 2.20. The second-order valence-corrected chi connectivity index (χ2v) is 7.76. The molecule has 2 heterocycles. The summed E-state index contributed by atoms with van der Waals surface area (Å²) in [5, 5.41) is 11.0. The van der Waals surface area contributed by atoms with E-state index in [1.54, 1.807) is 38.4 Å². The van der Waals surface area contributed by atoms with Crippen molar-refractivity contribution >= 4 is 11.8 Å². The van der Waals surface area contributed by atoms with Crippen molar-refractivity contribution in [1.29, 1.82) is 0 Å². The number of hydrogen-bond donors (Lipinski definition) is 1. The van der Waals surface area contributed by atoms with Crippen molar-refractivity contribution in [2.45, 2.75) is 59.8 Å². The lowest BCUT2D eigenvalue weighted by Gasteiger charge is -2.27. The van der Waals surface area contributed by atoms with Crippen molar-refractivity contribution in [3.8, 4) is 0 Å². The van der Waals surface area contributed by atoms with Gasteiger partial charge in [0.15, 0.2) is 0 Å². The molecule has 172 valence electrons. The normalized spacial score (nSPS) is 13.7. The largest absolute Gasteiger partial charge is 0.406 e. The van der Waals surface area contributed by atoms with E-state index in [1.165, 1.54) is 11.6 Å². The van der Waals surface area contributed by atoms with Crippen LogP contribution in [0.15, 0.2) is 12.1 Å². The smallest absolute Gasteiger partial charge is 0.352 e. The lowest BCUT2D eigenvalue weighted by Crippen LogP contribution is -2.46. The van der Waals surface area contributed by atoms with E-state index in [4.69, 9.17) is 0 Å². The molecule has 0 aliphatic carbocycles. The maximum Gasteiger partial charge on any atom is 0.406 e. The number of halogens is 3. The van der Waals surface area contributed by atoms with E-state index in [1.807, 2.05) is 13.0 Å². The summed E-state index contributed by atoms with van der Waals surface area (Å²) in [5.74, 6) is -1.11. The maximum absolute atomic E-state index is 13.1. The molecule has 0 aliphatic rings. The molecule has 0 spiro atoms. The van der Waals surface area contributed by atoms with E-state index in [0.717, 1.165) is 11.4 Å². The van der Waals surface area contributed by atoms with Crippen molar-refractivity contribution in [3.63, 3.8) is 0 Å². The van der Waals surface area contributed by atoms with Gasteiger partial charge in [0.1, 0.15) is 18.6 Å². The molecule has 0 unspecified atom stereocenters. The highest BCUT2D eigenvalue weighted by Gasteiger charge is 2.35. The highest BCUT2D eigenvalue weighted by molar-refractivity contribution is 5.81. The van der Waals surface area contributed by atoms with Crippen LogP contribution in [0, 0.1) is 27.7 Å². The van der Waals surface area contributed by atoms with Crippen LogP contribution in [0.3, 0.4) is 0 Å². The van der Waals surface area contributed by atoms with Crippen LogP contribution in [0.5, 0.6) is 0 Å². The van der Waals surface area contributed by atoms with Gasteiger partial charge in [0, 0.05) is 24.5 Å². The second-order valence-electron chi connectivity index (χ2n) is 7.76. The topological polar surface area (TPSA) is 85.0 Å². The molecule has 11 heteroatoms. The van der Waals surface area contributed by atoms with Gasteiger partial charge in [-0.2, -0.15) is 23.4 Å². The molecule has 0 radical (unpaired) electrons. The molecule has 0 fully saturated rings. The number of amides is 2. The molecule has 8 nitrogen and oxygen atoms in total. The van der Waals surface area contributed by atoms with Crippen LogP contribution in [0.1, 0.15) is 48.7 Å². The Bertz CT molecular complexity index is 934. The van der Waals surface area contributed by atoms with Gasteiger partial charge in [-0.25, -0.2) is 0 Å². The molecule has 0 aliphatic heterocycles. The van der Waals surface area contributed by atoms with Crippen molar-refractivity contribution in [2.75, 3.05) is 19.6 Å². The van der Waals surface area contributed by atoms with Crippen LogP contribution in [-0.4, -0.2) is 62.1 Å². The average Bonchev–Trinajstić information content (AvgIpc) is 3.17. The standard InChI is InChI=1S/C20H29F3N6O2/c1-12-9-14(3)28(25-12)16(5)18(30)24-7-8-27(11-20(21,22)23)19(31)17(6)29-15(4)10-13(2)26-29/h9-10,16-17H,7-8,11H2,1-6H3,(H,24,30)/t16-,17-/m0/s1. The van der Waals surface area contributed by atoms with Crippen LogP contribution in [-0.2, 0) is 9.59 Å². The third-order valence-electron chi connectivity index (χ3n) is 4.92. The zero-order valence-corrected chi connectivity index (χ0v) is 18.6. The maximum atomic E-state index is 13.1. The molecule has 1 N–H and O–H groups in total. The minimum atomic E-state index is -4.56. The van der Waals surface area contributed by atoms with E-state index >= 15 is 0 Å². The number of hydrogen-bond acceptors (Lipinski definition) is 4. The number of aromatic nitrogens is 4. The summed E-state index contributed by atoms with van der Waals surface area (Å²) in [6, 6.07) is 2.04. The Morgan fingerprint density at radius 2 is 1.48 bits per heavy atom. The predicted octanol–water partition coefficient (Wildman–Crippen LogP) is 2.64. The molecule has 0 bridgehead atoms. The summed E-state index contributed by atoms with van der Waals surface area (Å²) in [7, 11) is 0. The van der Waals surface area contributed by atoms with E-state index in [0.29, 0.717) is 16.3 Å². The Morgan fingerprint density at radius 1 is 1.00 bits per heavy atom.